The molecule has 4 nitrogen and oxygen atoms in total. The lowest BCUT2D eigenvalue weighted by Crippen LogP contribution is -2.50. The minimum absolute atomic E-state index is 0.0270. The average molecular weight is 258 g/mol. The fraction of sp³-hybridized carbons (Fsp3) is 1.00. The predicted molar refractivity (Wildman–Crippen MR) is 74.8 cm³/mol. The van der Waals surface area contributed by atoms with Gasteiger partial charge in [-0.3, -0.25) is 0 Å². The lowest BCUT2D eigenvalue weighted by Gasteiger charge is -2.34. The molecule has 18 heavy (non-hydrogen) atoms. The van der Waals surface area contributed by atoms with Crippen molar-refractivity contribution < 1.29 is 9.84 Å². The van der Waals surface area contributed by atoms with Gasteiger partial charge in [0.25, 0.3) is 0 Å². The van der Waals surface area contributed by atoms with E-state index in [0.717, 1.165) is 39.1 Å². The second kappa shape index (κ2) is 8.10. The van der Waals surface area contributed by atoms with Gasteiger partial charge >= 0.3 is 0 Å². The van der Waals surface area contributed by atoms with E-state index in [-0.39, 0.29) is 12.1 Å². The predicted octanol–water partition coefficient (Wildman–Crippen LogP) is 1.10. The van der Waals surface area contributed by atoms with Gasteiger partial charge in [0.2, 0.25) is 0 Å². The van der Waals surface area contributed by atoms with Crippen LogP contribution in [0.1, 0.15) is 32.6 Å². The van der Waals surface area contributed by atoms with Crippen molar-refractivity contribution in [2.75, 3.05) is 47.0 Å². The summed E-state index contributed by atoms with van der Waals surface area (Å²) >= 11 is 0. The van der Waals surface area contributed by atoms with E-state index in [4.69, 9.17) is 4.74 Å². The Bertz CT molecular complexity index is 220. The Hall–Kier alpha value is -0.160. The summed E-state index contributed by atoms with van der Waals surface area (Å²) in [5, 5.41) is 13.0. The molecule has 1 fully saturated rings. The van der Waals surface area contributed by atoms with Gasteiger partial charge in [0.15, 0.2) is 0 Å². The third kappa shape index (κ3) is 4.19. The third-order valence-electron chi connectivity index (χ3n) is 4.42. The van der Waals surface area contributed by atoms with Gasteiger partial charge in [0.05, 0.1) is 13.2 Å². The van der Waals surface area contributed by atoms with Crippen molar-refractivity contribution in [1.82, 2.24) is 10.2 Å². The van der Waals surface area contributed by atoms with Crippen molar-refractivity contribution >= 4 is 0 Å². The van der Waals surface area contributed by atoms with Crippen LogP contribution in [0.5, 0.6) is 0 Å². The summed E-state index contributed by atoms with van der Waals surface area (Å²) in [6.45, 7) is 5.98. The molecule has 0 bridgehead atoms. The van der Waals surface area contributed by atoms with Crippen molar-refractivity contribution in [1.29, 1.82) is 0 Å². The molecule has 0 radical (unpaired) electrons. The largest absolute Gasteiger partial charge is 0.394 e. The first-order valence-electron chi connectivity index (χ1n) is 7.24. The molecule has 4 heteroatoms. The van der Waals surface area contributed by atoms with Gasteiger partial charge in [-0.2, -0.15) is 0 Å². The zero-order valence-electron chi connectivity index (χ0n) is 12.2. The van der Waals surface area contributed by atoms with E-state index in [1.54, 1.807) is 0 Å². The van der Waals surface area contributed by atoms with Gasteiger partial charge in [0, 0.05) is 18.7 Å². The van der Waals surface area contributed by atoms with Crippen LogP contribution in [0.4, 0.5) is 0 Å². The highest BCUT2D eigenvalue weighted by atomic mass is 16.5. The van der Waals surface area contributed by atoms with Crippen molar-refractivity contribution in [3.05, 3.63) is 0 Å². The smallest absolute Gasteiger partial charge is 0.0615 e. The number of nitrogens with one attached hydrogen (secondary N) is 1. The molecule has 0 heterocycles. The number of aliphatic hydroxyl groups excluding tert-OH is 1. The molecule has 0 aromatic carbocycles. The molecular formula is C14H30N2O2. The van der Waals surface area contributed by atoms with E-state index in [0.29, 0.717) is 5.92 Å². The second-order valence-corrected chi connectivity index (χ2v) is 5.44. The summed E-state index contributed by atoms with van der Waals surface area (Å²) < 4.78 is 5.37. The number of hydrogen-bond acceptors (Lipinski definition) is 4. The zero-order chi connectivity index (χ0) is 13.4. The number of nitrogens with zero attached hydrogens (tertiary/aromatic N) is 1. The average Bonchev–Trinajstić information content (AvgIpc) is 2.80. The molecule has 1 saturated carbocycles. The van der Waals surface area contributed by atoms with E-state index in [1.165, 1.54) is 12.8 Å². The van der Waals surface area contributed by atoms with Crippen LogP contribution in [-0.2, 0) is 4.74 Å². The molecule has 0 saturated heterocycles. The first kappa shape index (κ1) is 15.9. The third-order valence-corrected chi connectivity index (χ3v) is 4.42. The van der Waals surface area contributed by atoms with Gasteiger partial charge in [0.1, 0.15) is 0 Å². The Labute approximate surface area is 112 Å². The highest BCUT2D eigenvalue weighted by Crippen LogP contribution is 2.37. The van der Waals surface area contributed by atoms with E-state index in [2.05, 4.69) is 17.3 Å². The summed E-state index contributed by atoms with van der Waals surface area (Å²) in [7, 11) is 4.13. The lowest BCUT2D eigenvalue weighted by atomic mass is 9.85. The summed E-state index contributed by atoms with van der Waals surface area (Å²) in [6, 6.07) is 0. The molecule has 0 aromatic rings. The SMILES string of the molecule is CCOCCN(C)CCC1CCCC1(CO)NC. The van der Waals surface area contributed by atoms with Crippen molar-refractivity contribution in [3.63, 3.8) is 0 Å². The Kier molecular flexibility index (Phi) is 7.15. The first-order chi connectivity index (χ1) is 8.68. The van der Waals surface area contributed by atoms with Crippen LogP contribution in [0.2, 0.25) is 0 Å². The Morgan fingerprint density at radius 2 is 2.22 bits per heavy atom. The minimum atomic E-state index is -0.0270. The zero-order valence-corrected chi connectivity index (χ0v) is 12.2. The van der Waals surface area contributed by atoms with Crippen LogP contribution in [0.25, 0.3) is 0 Å². The van der Waals surface area contributed by atoms with Gasteiger partial charge in [-0.25, -0.2) is 0 Å². The number of likely N-dealkylation sites (N-methyl/N-ethyl adjacent to an activating group) is 2. The molecule has 2 atom stereocenters. The number of hydrogen-bond donors (Lipinski definition) is 2. The standard InChI is InChI=1S/C14H30N2O2/c1-4-18-11-10-16(3)9-7-13-6-5-8-14(13,12-17)15-2/h13,15,17H,4-12H2,1-3H3. The summed E-state index contributed by atoms with van der Waals surface area (Å²) in [6.07, 6.45) is 4.73. The number of rotatable bonds is 9. The fourth-order valence-electron chi connectivity index (χ4n) is 3.03. The normalized spacial score (nSPS) is 28.2. The Balaban J connectivity index is 2.29. The topological polar surface area (TPSA) is 44.7 Å². The van der Waals surface area contributed by atoms with Crippen LogP contribution in [0.15, 0.2) is 0 Å². The quantitative estimate of drug-likeness (QED) is 0.608. The molecule has 0 aromatic heterocycles. The molecule has 2 unspecified atom stereocenters. The maximum atomic E-state index is 9.63. The van der Waals surface area contributed by atoms with Crippen LogP contribution in [-0.4, -0.2) is 62.6 Å². The highest BCUT2D eigenvalue weighted by molar-refractivity contribution is 4.98. The molecule has 1 rings (SSSR count). The van der Waals surface area contributed by atoms with Crippen LogP contribution >= 0.6 is 0 Å². The summed E-state index contributed by atoms with van der Waals surface area (Å²) in [5.41, 5.74) is -0.0270. The Morgan fingerprint density at radius 3 is 2.83 bits per heavy atom. The molecule has 1 aliphatic rings. The number of ether oxygens (including phenoxy) is 1. The molecule has 0 spiro atoms. The molecule has 2 N–H and O–H groups in total. The Morgan fingerprint density at radius 1 is 1.44 bits per heavy atom. The highest BCUT2D eigenvalue weighted by Gasteiger charge is 2.40. The van der Waals surface area contributed by atoms with Gasteiger partial charge < -0.3 is 20.1 Å². The summed E-state index contributed by atoms with van der Waals surface area (Å²) in [4.78, 5) is 2.33. The summed E-state index contributed by atoms with van der Waals surface area (Å²) in [5.74, 6) is 0.599. The monoisotopic (exact) mass is 258 g/mol. The molecule has 108 valence electrons. The van der Waals surface area contributed by atoms with E-state index < -0.39 is 0 Å². The van der Waals surface area contributed by atoms with Crippen molar-refractivity contribution in [2.45, 2.75) is 38.1 Å². The fourth-order valence-corrected chi connectivity index (χ4v) is 3.03. The van der Waals surface area contributed by atoms with E-state index in [9.17, 15) is 5.11 Å². The van der Waals surface area contributed by atoms with Gasteiger partial charge in [-0.05, 0) is 52.7 Å². The maximum absolute atomic E-state index is 9.63. The van der Waals surface area contributed by atoms with Gasteiger partial charge in [-0.1, -0.05) is 6.42 Å². The maximum Gasteiger partial charge on any atom is 0.0615 e. The minimum Gasteiger partial charge on any atom is -0.394 e. The first-order valence-corrected chi connectivity index (χ1v) is 7.24. The van der Waals surface area contributed by atoms with Crippen molar-refractivity contribution in [3.8, 4) is 0 Å². The van der Waals surface area contributed by atoms with Gasteiger partial charge in [-0.15, -0.1) is 0 Å². The molecule has 0 amide bonds. The lowest BCUT2D eigenvalue weighted by molar-refractivity contribution is 0.105. The molecular weight excluding hydrogens is 228 g/mol. The van der Waals surface area contributed by atoms with E-state index >= 15 is 0 Å². The van der Waals surface area contributed by atoms with Crippen LogP contribution in [0.3, 0.4) is 0 Å². The number of aliphatic hydroxyl groups is 1. The second-order valence-electron chi connectivity index (χ2n) is 5.44. The van der Waals surface area contributed by atoms with Crippen LogP contribution < -0.4 is 5.32 Å². The molecule has 1 aliphatic carbocycles. The van der Waals surface area contributed by atoms with Crippen molar-refractivity contribution in [2.24, 2.45) is 5.92 Å². The molecule has 0 aliphatic heterocycles. The van der Waals surface area contributed by atoms with Crippen LogP contribution in [0, 0.1) is 5.92 Å². The van der Waals surface area contributed by atoms with E-state index in [1.807, 2.05) is 14.0 Å².